The molecule has 0 aromatic carbocycles. The van der Waals surface area contributed by atoms with Gasteiger partial charge in [-0.2, -0.15) is 5.26 Å². The van der Waals surface area contributed by atoms with E-state index in [2.05, 4.69) is 4.72 Å². The second-order valence-corrected chi connectivity index (χ2v) is 7.14. The first kappa shape index (κ1) is 15.8. The van der Waals surface area contributed by atoms with Crippen LogP contribution in [0.1, 0.15) is 19.3 Å². The van der Waals surface area contributed by atoms with Gasteiger partial charge in [0.1, 0.15) is 4.21 Å². The zero-order valence-corrected chi connectivity index (χ0v) is 12.0. The van der Waals surface area contributed by atoms with Gasteiger partial charge in [0.2, 0.25) is 10.0 Å². The lowest BCUT2D eigenvalue weighted by molar-refractivity contribution is -0.384. The maximum Gasteiger partial charge on any atom is 0.300 e. The Morgan fingerprint density at radius 2 is 2.21 bits per heavy atom. The van der Waals surface area contributed by atoms with E-state index in [0.29, 0.717) is 30.6 Å². The van der Waals surface area contributed by atoms with Crippen LogP contribution in [0.2, 0.25) is 4.34 Å². The van der Waals surface area contributed by atoms with Crippen LogP contribution in [0.15, 0.2) is 10.3 Å². The first-order valence-corrected chi connectivity index (χ1v) is 7.86. The highest BCUT2D eigenvalue weighted by atomic mass is 35.5. The maximum absolute atomic E-state index is 11.8. The van der Waals surface area contributed by atoms with Crippen LogP contribution in [0.3, 0.4) is 0 Å². The van der Waals surface area contributed by atoms with Crippen LogP contribution >= 0.6 is 22.9 Å². The molecule has 0 unspecified atom stereocenters. The van der Waals surface area contributed by atoms with E-state index in [-0.39, 0.29) is 15.1 Å². The highest BCUT2D eigenvalue weighted by Gasteiger charge is 2.24. The molecule has 1 aromatic heterocycles. The minimum absolute atomic E-state index is 0.171. The van der Waals surface area contributed by atoms with Crippen LogP contribution in [0.4, 0.5) is 5.69 Å². The fourth-order valence-electron chi connectivity index (χ4n) is 1.20. The fourth-order valence-corrected chi connectivity index (χ4v) is 3.99. The Labute approximate surface area is 119 Å². The summed E-state index contributed by atoms with van der Waals surface area (Å²) < 4.78 is 25.6. The van der Waals surface area contributed by atoms with Crippen LogP contribution < -0.4 is 4.72 Å². The molecule has 104 valence electrons. The number of thiophene rings is 1. The van der Waals surface area contributed by atoms with Gasteiger partial charge in [0.05, 0.1) is 11.0 Å². The summed E-state index contributed by atoms with van der Waals surface area (Å²) in [6.45, 7) is 0.174. The minimum Gasteiger partial charge on any atom is -0.258 e. The topological polar surface area (TPSA) is 113 Å². The van der Waals surface area contributed by atoms with Crippen molar-refractivity contribution >= 4 is 38.6 Å². The van der Waals surface area contributed by atoms with Gasteiger partial charge in [-0.1, -0.05) is 11.6 Å². The highest BCUT2D eigenvalue weighted by molar-refractivity contribution is 7.91. The van der Waals surface area contributed by atoms with Crippen molar-refractivity contribution in [3.05, 3.63) is 20.5 Å². The first-order valence-electron chi connectivity index (χ1n) is 5.19. The molecule has 0 spiro atoms. The van der Waals surface area contributed by atoms with Crippen LogP contribution in [-0.4, -0.2) is 19.9 Å². The summed E-state index contributed by atoms with van der Waals surface area (Å²) in [6, 6.07) is 2.89. The molecule has 0 aliphatic carbocycles. The SMILES string of the molecule is N#CCCCCNS(=O)(=O)c1cc([N+](=O)[O-])c(Cl)s1. The number of nitro groups is 1. The van der Waals surface area contributed by atoms with Gasteiger partial charge in [-0.05, 0) is 12.8 Å². The molecular formula is C9H10ClN3O4S2. The lowest BCUT2D eigenvalue weighted by Gasteiger charge is -2.02. The van der Waals surface area contributed by atoms with Crippen molar-refractivity contribution in [2.75, 3.05) is 6.54 Å². The molecule has 1 rings (SSSR count). The van der Waals surface area contributed by atoms with E-state index in [4.69, 9.17) is 16.9 Å². The predicted molar refractivity (Wildman–Crippen MR) is 70.6 cm³/mol. The van der Waals surface area contributed by atoms with Gasteiger partial charge in [0.15, 0.2) is 4.34 Å². The molecule has 1 aromatic rings. The van der Waals surface area contributed by atoms with E-state index in [0.717, 1.165) is 6.07 Å². The zero-order chi connectivity index (χ0) is 14.5. The van der Waals surface area contributed by atoms with E-state index in [1.807, 2.05) is 6.07 Å². The largest absolute Gasteiger partial charge is 0.300 e. The van der Waals surface area contributed by atoms with E-state index < -0.39 is 20.6 Å². The number of hydrogen-bond donors (Lipinski definition) is 1. The molecule has 10 heteroatoms. The molecule has 0 saturated heterocycles. The first-order chi connectivity index (χ1) is 8.88. The monoisotopic (exact) mass is 323 g/mol. The smallest absolute Gasteiger partial charge is 0.258 e. The average Bonchev–Trinajstić information content (AvgIpc) is 2.72. The summed E-state index contributed by atoms with van der Waals surface area (Å²) in [5.74, 6) is 0. The summed E-state index contributed by atoms with van der Waals surface area (Å²) in [5.41, 5.74) is -0.420. The standard InChI is InChI=1S/C9H10ClN3O4S2/c10-9-7(13(14)15)6-8(18-9)19(16,17)12-5-3-1-2-4-11/h6,12H,1-3,5H2. The molecule has 0 amide bonds. The molecule has 0 radical (unpaired) electrons. The number of nitrogens with one attached hydrogen (secondary N) is 1. The molecule has 0 atom stereocenters. The summed E-state index contributed by atoms with van der Waals surface area (Å²) in [5, 5.41) is 18.9. The molecule has 19 heavy (non-hydrogen) atoms. The maximum atomic E-state index is 11.8. The van der Waals surface area contributed by atoms with Gasteiger partial charge in [-0.15, -0.1) is 11.3 Å². The number of rotatable bonds is 7. The molecule has 0 fully saturated rings. The third kappa shape index (κ3) is 4.43. The Bertz CT molecular complexity index is 605. The molecule has 0 aliphatic heterocycles. The van der Waals surface area contributed by atoms with Gasteiger partial charge < -0.3 is 0 Å². The normalized spacial score (nSPS) is 11.2. The number of unbranched alkanes of at least 4 members (excludes halogenated alkanes) is 2. The summed E-state index contributed by atoms with van der Waals surface area (Å²) in [7, 11) is -3.79. The van der Waals surface area contributed by atoms with Crippen LogP contribution in [0.5, 0.6) is 0 Å². The van der Waals surface area contributed by atoms with Crippen molar-refractivity contribution in [3.63, 3.8) is 0 Å². The Morgan fingerprint density at radius 3 is 2.74 bits per heavy atom. The summed E-state index contributed by atoms with van der Waals surface area (Å²) >= 11 is 6.24. The Balaban J connectivity index is 2.70. The van der Waals surface area contributed by atoms with Gasteiger partial charge in [0.25, 0.3) is 5.69 Å². The summed E-state index contributed by atoms with van der Waals surface area (Å²) in [4.78, 5) is 9.84. The molecule has 0 saturated carbocycles. The van der Waals surface area contributed by atoms with Crippen molar-refractivity contribution < 1.29 is 13.3 Å². The molecule has 1 heterocycles. The molecule has 0 aliphatic rings. The van der Waals surface area contributed by atoms with Crippen LogP contribution in [0.25, 0.3) is 0 Å². The molecule has 7 nitrogen and oxygen atoms in total. The number of sulfonamides is 1. The molecular weight excluding hydrogens is 314 g/mol. The third-order valence-corrected chi connectivity index (χ3v) is 5.39. The Kier molecular flexibility index (Phi) is 5.68. The van der Waals surface area contributed by atoms with Crippen molar-refractivity contribution in [2.45, 2.75) is 23.5 Å². The second-order valence-electron chi connectivity index (χ2n) is 3.49. The second kappa shape index (κ2) is 6.81. The van der Waals surface area contributed by atoms with E-state index >= 15 is 0 Å². The van der Waals surface area contributed by atoms with Crippen molar-refractivity contribution in [1.82, 2.24) is 4.72 Å². The predicted octanol–water partition coefficient (Wildman–Crippen LogP) is 2.28. The molecule has 0 bridgehead atoms. The van der Waals surface area contributed by atoms with E-state index in [9.17, 15) is 18.5 Å². The number of halogens is 1. The molecule has 1 N–H and O–H groups in total. The quantitative estimate of drug-likeness (QED) is 0.470. The summed E-state index contributed by atoms with van der Waals surface area (Å²) in [6.07, 6.45) is 1.47. The van der Waals surface area contributed by atoms with Crippen molar-refractivity contribution in [3.8, 4) is 6.07 Å². The van der Waals surface area contributed by atoms with Crippen molar-refractivity contribution in [2.24, 2.45) is 0 Å². The fraction of sp³-hybridized carbons (Fsp3) is 0.444. The number of nitrogens with zero attached hydrogens (tertiary/aromatic N) is 2. The average molecular weight is 324 g/mol. The van der Waals surface area contributed by atoms with Gasteiger partial charge >= 0.3 is 0 Å². The lowest BCUT2D eigenvalue weighted by Crippen LogP contribution is -2.23. The van der Waals surface area contributed by atoms with Gasteiger partial charge in [-0.3, -0.25) is 10.1 Å². The number of nitriles is 1. The van der Waals surface area contributed by atoms with Crippen molar-refractivity contribution in [1.29, 1.82) is 5.26 Å². The number of hydrogen-bond acceptors (Lipinski definition) is 6. The van der Waals surface area contributed by atoms with Crippen LogP contribution in [0, 0.1) is 21.4 Å². The highest BCUT2D eigenvalue weighted by Crippen LogP contribution is 2.35. The van der Waals surface area contributed by atoms with E-state index in [1.165, 1.54) is 0 Å². The Morgan fingerprint density at radius 1 is 1.53 bits per heavy atom. The van der Waals surface area contributed by atoms with Crippen LogP contribution in [-0.2, 0) is 10.0 Å². The Hall–Kier alpha value is -1.21. The lowest BCUT2D eigenvalue weighted by atomic mass is 10.2. The minimum atomic E-state index is -3.79. The van der Waals surface area contributed by atoms with E-state index in [1.54, 1.807) is 0 Å². The third-order valence-electron chi connectivity index (χ3n) is 2.12. The van der Waals surface area contributed by atoms with Gasteiger partial charge in [0, 0.05) is 19.0 Å². The zero-order valence-electron chi connectivity index (χ0n) is 9.63. The van der Waals surface area contributed by atoms with Gasteiger partial charge in [-0.25, -0.2) is 13.1 Å².